The van der Waals surface area contributed by atoms with Crippen molar-refractivity contribution >= 4 is 17.9 Å². The highest BCUT2D eigenvalue weighted by Gasteiger charge is 2.22. The molecule has 0 radical (unpaired) electrons. The second-order valence-electron chi connectivity index (χ2n) is 4.30. The van der Waals surface area contributed by atoms with Gasteiger partial charge < -0.3 is 25.4 Å². The summed E-state index contributed by atoms with van der Waals surface area (Å²) in [6.07, 6.45) is 1.14. The number of carboxylic acid groups (broad SMARTS) is 1. The summed E-state index contributed by atoms with van der Waals surface area (Å²) >= 11 is 0. The molecule has 3 N–H and O–H groups in total. The van der Waals surface area contributed by atoms with Gasteiger partial charge in [-0.05, 0) is 6.42 Å². The lowest BCUT2D eigenvalue weighted by Gasteiger charge is -2.22. The first-order valence-electron chi connectivity index (χ1n) is 6.05. The molecule has 0 saturated carbocycles. The molecular weight excluding hydrogens is 254 g/mol. The van der Waals surface area contributed by atoms with Crippen molar-refractivity contribution in [3.05, 3.63) is 0 Å². The molecule has 0 aromatic rings. The van der Waals surface area contributed by atoms with Crippen LogP contribution in [-0.4, -0.2) is 67.3 Å². The molecule has 1 atom stereocenters. The summed E-state index contributed by atoms with van der Waals surface area (Å²) in [5.74, 6) is -1.11. The zero-order chi connectivity index (χ0) is 14.3. The number of hydrogen-bond acceptors (Lipinski definition) is 4. The molecule has 1 aliphatic heterocycles. The number of urea groups is 1. The average Bonchev–Trinajstić information content (AvgIpc) is 2.77. The SMILES string of the molecule is COCCN(CC(=O)O)C(=O)NCC1CCC(=O)N1. The van der Waals surface area contributed by atoms with Crippen molar-refractivity contribution in [1.29, 1.82) is 0 Å². The van der Waals surface area contributed by atoms with E-state index in [1.165, 1.54) is 7.11 Å². The predicted octanol–water partition coefficient (Wildman–Crippen LogP) is -0.992. The molecule has 3 amide bonds. The van der Waals surface area contributed by atoms with Gasteiger partial charge in [-0.15, -0.1) is 0 Å². The topological polar surface area (TPSA) is 108 Å². The fraction of sp³-hybridized carbons (Fsp3) is 0.727. The number of amides is 3. The number of carboxylic acids is 1. The van der Waals surface area contributed by atoms with Gasteiger partial charge in [0.05, 0.1) is 6.61 Å². The molecule has 0 aliphatic carbocycles. The van der Waals surface area contributed by atoms with Crippen molar-refractivity contribution < 1.29 is 24.2 Å². The van der Waals surface area contributed by atoms with E-state index in [-0.39, 0.29) is 31.6 Å². The lowest BCUT2D eigenvalue weighted by Crippen LogP contribution is -2.47. The van der Waals surface area contributed by atoms with E-state index in [2.05, 4.69) is 10.6 Å². The van der Waals surface area contributed by atoms with E-state index in [1.54, 1.807) is 0 Å². The minimum Gasteiger partial charge on any atom is -0.480 e. The van der Waals surface area contributed by atoms with Gasteiger partial charge in [0.2, 0.25) is 5.91 Å². The maximum atomic E-state index is 11.8. The molecule has 1 heterocycles. The highest BCUT2D eigenvalue weighted by Crippen LogP contribution is 2.05. The van der Waals surface area contributed by atoms with Crippen LogP contribution in [0.5, 0.6) is 0 Å². The number of rotatable bonds is 7. The van der Waals surface area contributed by atoms with Gasteiger partial charge in [0, 0.05) is 32.7 Å². The summed E-state index contributed by atoms with van der Waals surface area (Å²) in [4.78, 5) is 34.6. The molecule has 1 aliphatic rings. The van der Waals surface area contributed by atoms with Gasteiger partial charge in [-0.1, -0.05) is 0 Å². The number of aliphatic carboxylic acids is 1. The second-order valence-corrected chi connectivity index (χ2v) is 4.30. The fourth-order valence-corrected chi connectivity index (χ4v) is 1.77. The van der Waals surface area contributed by atoms with Gasteiger partial charge >= 0.3 is 12.0 Å². The van der Waals surface area contributed by atoms with E-state index in [4.69, 9.17) is 9.84 Å². The van der Waals surface area contributed by atoms with Gasteiger partial charge in [0.15, 0.2) is 0 Å². The van der Waals surface area contributed by atoms with E-state index < -0.39 is 12.0 Å². The Morgan fingerprint density at radius 1 is 1.58 bits per heavy atom. The van der Waals surface area contributed by atoms with E-state index in [0.29, 0.717) is 19.4 Å². The minimum absolute atomic E-state index is 0.0268. The maximum absolute atomic E-state index is 11.8. The van der Waals surface area contributed by atoms with E-state index in [0.717, 1.165) is 4.90 Å². The summed E-state index contributed by atoms with van der Waals surface area (Å²) in [6, 6.07) is -0.550. The average molecular weight is 273 g/mol. The molecule has 108 valence electrons. The summed E-state index contributed by atoms with van der Waals surface area (Å²) in [5.41, 5.74) is 0. The quantitative estimate of drug-likeness (QED) is 0.552. The first-order chi connectivity index (χ1) is 9.02. The van der Waals surface area contributed by atoms with E-state index >= 15 is 0 Å². The van der Waals surface area contributed by atoms with Crippen LogP contribution < -0.4 is 10.6 Å². The second kappa shape index (κ2) is 7.57. The summed E-state index contributed by atoms with van der Waals surface area (Å²) in [7, 11) is 1.48. The standard InChI is InChI=1S/C11H19N3O5/c1-19-5-4-14(7-10(16)17)11(18)12-6-8-2-3-9(15)13-8/h8H,2-7H2,1H3,(H,12,18)(H,13,15)(H,16,17). The third-order valence-electron chi connectivity index (χ3n) is 2.76. The zero-order valence-corrected chi connectivity index (χ0v) is 10.8. The number of nitrogens with zero attached hydrogens (tertiary/aromatic N) is 1. The van der Waals surface area contributed by atoms with Crippen molar-refractivity contribution in [2.24, 2.45) is 0 Å². The Morgan fingerprint density at radius 3 is 2.84 bits per heavy atom. The van der Waals surface area contributed by atoms with Crippen LogP contribution in [0.1, 0.15) is 12.8 Å². The van der Waals surface area contributed by atoms with Gasteiger partial charge in [0.25, 0.3) is 0 Å². The van der Waals surface area contributed by atoms with E-state index in [1.807, 2.05) is 0 Å². The monoisotopic (exact) mass is 273 g/mol. The lowest BCUT2D eigenvalue weighted by molar-refractivity contribution is -0.137. The van der Waals surface area contributed by atoms with Gasteiger partial charge in [-0.3, -0.25) is 9.59 Å². The van der Waals surface area contributed by atoms with Crippen molar-refractivity contribution in [2.45, 2.75) is 18.9 Å². The normalized spacial score (nSPS) is 17.9. The predicted molar refractivity (Wildman–Crippen MR) is 65.6 cm³/mol. The number of hydrogen-bond donors (Lipinski definition) is 3. The maximum Gasteiger partial charge on any atom is 0.323 e. The van der Waals surface area contributed by atoms with Crippen LogP contribution in [0.3, 0.4) is 0 Å². The Morgan fingerprint density at radius 2 is 2.32 bits per heavy atom. The molecule has 19 heavy (non-hydrogen) atoms. The molecule has 1 fully saturated rings. The highest BCUT2D eigenvalue weighted by atomic mass is 16.5. The summed E-state index contributed by atoms with van der Waals surface area (Å²) in [5, 5.41) is 14.1. The third-order valence-corrected chi connectivity index (χ3v) is 2.76. The molecule has 1 unspecified atom stereocenters. The Kier molecular flexibility index (Phi) is 6.07. The third kappa shape index (κ3) is 5.56. The molecular formula is C11H19N3O5. The first kappa shape index (κ1) is 15.2. The highest BCUT2D eigenvalue weighted by molar-refractivity contribution is 5.81. The van der Waals surface area contributed by atoms with Crippen LogP contribution in [-0.2, 0) is 14.3 Å². The fourth-order valence-electron chi connectivity index (χ4n) is 1.77. The Balaban J connectivity index is 2.37. The van der Waals surface area contributed by atoms with Gasteiger partial charge in [0.1, 0.15) is 6.54 Å². The van der Waals surface area contributed by atoms with Crippen LogP contribution in [0.4, 0.5) is 4.79 Å². The Bertz CT molecular complexity index is 347. The minimum atomic E-state index is -1.08. The van der Waals surface area contributed by atoms with Crippen molar-refractivity contribution in [1.82, 2.24) is 15.5 Å². The van der Waals surface area contributed by atoms with Crippen LogP contribution in [0, 0.1) is 0 Å². The molecule has 0 aromatic carbocycles. The Labute approximate surface area is 111 Å². The molecule has 0 aromatic heterocycles. The van der Waals surface area contributed by atoms with Crippen LogP contribution >= 0.6 is 0 Å². The molecule has 1 saturated heterocycles. The van der Waals surface area contributed by atoms with Gasteiger partial charge in [-0.25, -0.2) is 4.79 Å². The molecule has 0 bridgehead atoms. The Hall–Kier alpha value is -1.83. The number of methoxy groups -OCH3 is 1. The molecule has 1 rings (SSSR count). The molecule has 8 heteroatoms. The van der Waals surface area contributed by atoms with Crippen LogP contribution in [0.25, 0.3) is 0 Å². The number of nitrogens with one attached hydrogen (secondary N) is 2. The number of ether oxygens (including phenoxy) is 1. The number of carbonyl (C=O) groups is 3. The van der Waals surface area contributed by atoms with Gasteiger partial charge in [-0.2, -0.15) is 0 Å². The molecule has 8 nitrogen and oxygen atoms in total. The largest absolute Gasteiger partial charge is 0.480 e. The molecule has 0 spiro atoms. The van der Waals surface area contributed by atoms with Crippen molar-refractivity contribution in [3.63, 3.8) is 0 Å². The van der Waals surface area contributed by atoms with E-state index in [9.17, 15) is 14.4 Å². The first-order valence-corrected chi connectivity index (χ1v) is 6.05. The number of carbonyl (C=O) groups excluding carboxylic acids is 2. The van der Waals surface area contributed by atoms with Crippen molar-refractivity contribution in [2.75, 3.05) is 33.4 Å². The smallest absolute Gasteiger partial charge is 0.323 e. The summed E-state index contributed by atoms with van der Waals surface area (Å²) < 4.78 is 4.82. The zero-order valence-electron chi connectivity index (χ0n) is 10.8. The summed E-state index contributed by atoms with van der Waals surface area (Å²) in [6.45, 7) is 0.381. The van der Waals surface area contributed by atoms with Crippen LogP contribution in [0.15, 0.2) is 0 Å². The van der Waals surface area contributed by atoms with Crippen molar-refractivity contribution in [3.8, 4) is 0 Å². The lowest BCUT2D eigenvalue weighted by atomic mass is 10.2. The van der Waals surface area contributed by atoms with Crippen LogP contribution in [0.2, 0.25) is 0 Å².